The number of allylic oxidation sites excluding steroid dienone is 4. The lowest BCUT2D eigenvalue weighted by molar-refractivity contribution is -0.125. The maximum absolute atomic E-state index is 18.0. The number of benzene rings is 6. The molecule has 0 amide bonds. The quantitative estimate of drug-likeness (QED) is 0.0237. The molecule has 540 valence electrons. The monoisotopic (exact) mass is 1370 g/mol. The van der Waals surface area contributed by atoms with Crippen LogP contribution in [0.1, 0.15) is 322 Å². The zero-order valence-corrected chi connectivity index (χ0v) is 62.4. The van der Waals surface area contributed by atoms with Gasteiger partial charge < -0.3 is 28.4 Å². The maximum Gasteiger partial charge on any atom is 0.188 e. The molecule has 0 radical (unpaired) electrons. The van der Waals surface area contributed by atoms with Crippen molar-refractivity contribution in [3.8, 4) is 11.5 Å². The average Bonchev–Trinajstić information content (AvgIpc) is 1.44. The van der Waals surface area contributed by atoms with Crippen LogP contribution in [0.4, 0.5) is 0 Å². The number of carbonyl (C=O) groups is 1. The molecular weight excluding hydrogens is 1250 g/mol. The standard InChI is InChI=1S/C95H118O7/c1-5-7-9-11-13-15-17-19-21-39-57-71-81-82(90-80-70-56-44-26-24-42-54-68-76(70)75-67(53-41-23-25-43-55-69(75)79(80)89(81)101-90)77-73(99-61-97-3)59-60-74(78(68)77)100-62-98-4)72(58-40-22-20-18-16-14-12-10-8-6-2)84-83(71)91-87-88(92(84)102-91)95(66-51-37-30-38-52-66)86(64-47-33-28-34-48-64)85(63-45-31-27-32-46-63)94(87,93(95)96)65-49-35-29-36-50-65/h27-38,45-52,59-60,67-70,79-80,87-92H,5-26,39-44,53-58,61-62H2,1-4H3/t67-,68+,69-,70+,79+,80-,87?,88?,89+,90-,91+,92-,94-,95+. The van der Waals surface area contributed by atoms with Crippen LogP contribution in [-0.4, -0.2) is 33.6 Å². The molecule has 0 spiro atoms. The van der Waals surface area contributed by atoms with E-state index in [9.17, 15) is 0 Å². The lowest BCUT2D eigenvalue weighted by atomic mass is 9.49. The molecule has 6 aliphatic carbocycles. The van der Waals surface area contributed by atoms with E-state index in [4.69, 9.17) is 28.4 Å². The normalized spacial score (nSPS) is 29.1. The van der Waals surface area contributed by atoms with Gasteiger partial charge in [0.1, 0.15) is 11.5 Å². The van der Waals surface area contributed by atoms with Crippen LogP contribution in [0.3, 0.4) is 0 Å². The lowest BCUT2D eigenvalue weighted by Crippen LogP contribution is -2.45. The minimum Gasteiger partial charge on any atom is -0.467 e. The highest BCUT2D eigenvalue weighted by Gasteiger charge is 2.83. The summed E-state index contributed by atoms with van der Waals surface area (Å²) >= 11 is 0. The van der Waals surface area contributed by atoms with E-state index in [0.29, 0.717) is 29.5 Å². The van der Waals surface area contributed by atoms with Gasteiger partial charge in [-0.3, -0.25) is 4.79 Å². The molecule has 7 heteroatoms. The van der Waals surface area contributed by atoms with Gasteiger partial charge in [0.2, 0.25) is 0 Å². The van der Waals surface area contributed by atoms with Gasteiger partial charge in [-0.2, -0.15) is 0 Å². The Morgan fingerprint density at radius 2 is 0.706 bits per heavy atom. The first-order valence-electron chi connectivity index (χ1n) is 41.7. The van der Waals surface area contributed by atoms with Gasteiger partial charge >= 0.3 is 0 Å². The van der Waals surface area contributed by atoms with E-state index < -0.39 is 10.8 Å². The third-order valence-corrected chi connectivity index (χ3v) is 27.6. The summed E-state index contributed by atoms with van der Waals surface area (Å²) in [5.41, 5.74) is 20.4. The third kappa shape index (κ3) is 11.9. The van der Waals surface area contributed by atoms with Crippen LogP contribution in [0, 0.1) is 35.5 Å². The Kier molecular flexibility index (Phi) is 21.7. The molecule has 4 heterocycles. The largest absolute Gasteiger partial charge is 0.467 e. The maximum atomic E-state index is 18.0. The molecule has 0 N–H and O–H groups in total. The number of fused-ring (bicyclic) bond motifs is 25. The fourth-order valence-electron chi connectivity index (χ4n) is 23.9. The zero-order chi connectivity index (χ0) is 69.2. The van der Waals surface area contributed by atoms with E-state index in [1.165, 1.54) is 213 Å². The Bertz CT molecular complexity index is 3680. The predicted molar refractivity (Wildman–Crippen MR) is 412 cm³/mol. The van der Waals surface area contributed by atoms with Crippen LogP contribution in [0.2, 0.25) is 0 Å². The second kappa shape index (κ2) is 31.5. The number of hydrogen-bond acceptors (Lipinski definition) is 7. The smallest absolute Gasteiger partial charge is 0.188 e. The van der Waals surface area contributed by atoms with Gasteiger partial charge in [-0.1, -0.05) is 313 Å². The fourth-order valence-corrected chi connectivity index (χ4v) is 23.9. The third-order valence-electron chi connectivity index (χ3n) is 27.6. The number of ether oxygens (including phenoxy) is 6. The number of carbonyl (C=O) groups excluding carboxylic acids is 1. The minimum absolute atomic E-state index is 0.0156. The summed E-state index contributed by atoms with van der Waals surface area (Å²) in [7, 11) is 3.52. The molecule has 10 aliphatic rings. The van der Waals surface area contributed by atoms with Gasteiger partial charge in [-0.15, -0.1) is 0 Å². The first kappa shape index (κ1) is 70.2. The number of unbranched alkanes of at least 4 members (excludes halogenated alkanes) is 18. The van der Waals surface area contributed by atoms with E-state index in [0.717, 1.165) is 72.3 Å². The van der Waals surface area contributed by atoms with Gasteiger partial charge in [-0.25, -0.2) is 0 Å². The first-order chi connectivity index (χ1) is 50.5. The van der Waals surface area contributed by atoms with E-state index >= 15 is 4.79 Å². The van der Waals surface area contributed by atoms with Crippen molar-refractivity contribution in [2.75, 3.05) is 27.8 Å². The molecule has 6 aromatic carbocycles. The SMILES string of the molecule is CCCCCCCCCCCCc1c2c(c(CCCCCCCCCCCC)c3c1[C@@H]1O[C@H]3C3C1[C@]1(c4ccccc4)C(=O)[C@@]3(c3ccccc3)C(c3ccccc3)=C1c1ccccc1)[C@@H]1O[C@H]2[C@@H]2[C@H]1[C@H]1CCCCCC[C@H]3C1=C1[C@@H](CCCCCC[C@H]12)c1c(OCOC)ccc(OCOC)c13. The Morgan fingerprint density at radius 3 is 1.08 bits per heavy atom. The number of ketones is 1. The fraction of sp³-hybridized carbons (Fsp3) is 0.568. The number of methoxy groups -OCH3 is 2. The van der Waals surface area contributed by atoms with Crippen molar-refractivity contribution in [3.05, 3.63) is 211 Å². The molecule has 16 rings (SSSR count). The summed E-state index contributed by atoms with van der Waals surface area (Å²) in [6.45, 7) is 5.09. The van der Waals surface area contributed by atoms with E-state index in [-0.39, 0.29) is 61.7 Å². The summed E-state index contributed by atoms with van der Waals surface area (Å²) in [5.74, 6) is 3.91. The van der Waals surface area contributed by atoms with E-state index in [1.807, 2.05) is 0 Å². The van der Waals surface area contributed by atoms with E-state index in [1.54, 1.807) is 47.6 Å². The summed E-state index contributed by atoms with van der Waals surface area (Å²) < 4.78 is 42.1. The van der Waals surface area contributed by atoms with Crippen LogP contribution in [0.25, 0.3) is 11.1 Å². The van der Waals surface area contributed by atoms with Gasteiger partial charge in [0.05, 0.1) is 35.2 Å². The second-order valence-electron chi connectivity index (χ2n) is 33.0. The molecule has 102 heavy (non-hydrogen) atoms. The lowest BCUT2D eigenvalue weighted by Gasteiger charge is -2.53. The van der Waals surface area contributed by atoms with Crippen LogP contribution in [0.15, 0.2) is 145 Å². The molecule has 5 fully saturated rings. The minimum atomic E-state index is -1.01. The van der Waals surface area contributed by atoms with Crippen LogP contribution in [0.5, 0.6) is 11.5 Å². The summed E-state index contributed by atoms with van der Waals surface area (Å²) in [6, 6.07) is 49.2. The van der Waals surface area contributed by atoms with Crippen LogP contribution in [-0.2, 0) is 47.4 Å². The summed E-state index contributed by atoms with van der Waals surface area (Å²) in [5, 5.41) is 0. The number of rotatable bonds is 32. The van der Waals surface area contributed by atoms with Crippen molar-refractivity contribution in [1.82, 2.24) is 0 Å². The van der Waals surface area contributed by atoms with Crippen molar-refractivity contribution in [1.29, 1.82) is 0 Å². The molecule has 0 aromatic heterocycles. The molecule has 2 saturated heterocycles. The second-order valence-corrected chi connectivity index (χ2v) is 33.0. The average molecular weight is 1370 g/mol. The van der Waals surface area contributed by atoms with E-state index in [2.05, 4.69) is 147 Å². The molecule has 4 aliphatic heterocycles. The molecule has 6 aromatic rings. The van der Waals surface area contributed by atoms with Crippen molar-refractivity contribution in [2.24, 2.45) is 35.5 Å². The molecule has 7 nitrogen and oxygen atoms in total. The number of Topliss-reactive ketones (excluding diaryl/α,β-unsaturated/α-hetero) is 1. The van der Waals surface area contributed by atoms with Gasteiger partial charge in [-0.05, 0) is 142 Å². The topological polar surface area (TPSA) is 72.5 Å². The molecule has 6 bridgehead atoms. The Morgan fingerprint density at radius 1 is 0.373 bits per heavy atom. The first-order valence-corrected chi connectivity index (χ1v) is 41.7. The Hall–Kier alpha value is -6.09. The van der Waals surface area contributed by atoms with Crippen molar-refractivity contribution in [3.63, 3.8) is 0 Å². The molecule has 3 saturated carbocycles. The van der Waals surface area contributed by atoms with Gasteiger partial charge in [0.25, 0.3) is 0 Å². The van der Waals surface area contributed by atoms with Crippen LogP contribution >= 0.6 is 0 Å². The van der Waals surface area contributed by atoms with Crippen molar-refractivity contribution < 1.29 is 33.2 Å². The van der Waals surface area contributed by atoms with Gasteiger partial charge in [0.15, 0.2) is 19.4 Å². The highest BCUT2D eigenvalue weighted by atomic mass is 16.7. The summed E-state index contributed by atoms with van der Waals surface area (Å²) in [6.07, 6.45) is 42.0. The molecule has 14 atom stereocenters. The van der Waals surface area contributed by atoms with Crippen molar-refractivity contribution >= 4 is 16.9 Å². The van der Waals surface area contributed by atoms with Gasteiger partial charge in [0, 0.05) is 60.9 Å². The highest BCUT2D eigenvalue weighted by molar-refractivity contribution is 6.30. The number of hydrogen-bond donors (Lipinski definition) is 0. The summed E-state index contributed by atoms with van der Waals surface area (Å²) in [4.78, 5) is 18.0. The molecular formula is C95H118O7. The molecule has 2 unspecified atom stereocenters. The Balaban J connectivity index is 0.911. The van der Waals surface area contributed by atoms with Crippen molar-refractivity contribution in [2.45, 2.75) is 279 Å². The zero-order valence-electron chi connectivity index (χ0n) is 62.4. The highest BCUT2D eigenvalue weighted by Crippen LogP contribution is 2.83. The predicted octanol–water partition coefficient (Wildman–Crippen LogP) is 24.5. The Labute approximate surface area is 612 Å². The van der Waals surface area contributed by atoms with Crippen LogP contribution < -0.4 is 9.47 Å².